The van der Waals surface area contributed by atoms with Gasteiger partial charge in [0.05, 0.1) is 0 Å². The minimum Gasteiger partial charge on any atom is -0.478 e. The number of hydrogen-bond acceptors (Lipinski definition) is 4. The first kappa shape index (κ1) is 22.1. The second-order valence-electron chi connectivity index (χ2n) is 4.27. The number of amides is 2. The quantitative estimate of drug-likeness (QED) is 0.462. The molecule has 0 aromatic heterocycles. The van der Waals surface area contributed by atoms with Crippen LogP contribution in [0.3, 0.4) is 0 Å². The maximum Gasteiger partial charge on any atom is 0.328 e. The van der Waals surface area contributed by atoms with Crippen molar-refractivity contribution in [1.29, 1.82) is 0 Å². The third-order valence-electron chi connectivity index (χ3n) is 2.37. The highest BCUT2D eigenvalue weighted by molar-refractivity contribution is 5.89. The van der Waals surface area contributed by atoms with Gasteiger partial charge in [-0.3, -0.25) is 9.59 Å². The highest BCUT2D eigenvalue weighted by atomic mass is 16.4. The van der Waals surface area contributed by atoms with E-state index in [2.05, 4.69) is 10.6 Å². The number of benzene rings is 2. The van der Waals surface area contributed by atoms with Gasteiger partial charge in [0.15, 0.2) is 0 Å². The van der Waals surface area contributed by atoms with E-state index in [0.717, 1.165) is 11.4 Å². The van der Waals surface area contributed by atoms with Gasteiger partial charge in [0.2, 0.25) is 12.8 Å². The standard InChI is InChI=1S/2C7H7NO.C4H4O4/c2*9-6-8-7-4-2-1-3-5-7;5-3(6)1-2-4(7)8/h2*1-6H,(H,8,9);1-2H,(H,5,6)(H,7,8)/b;;2-1+. The van der Waals surface area contributed by atoms with Crippen LogP contribution in [0.1, 0.15) is 0 Å². The summed E-state index contributed by atoms with van der Waals surface area (Å²) in [5.74, 6) is -2.51. The lowest BCUT2D eigenvalue weighted by molar-refractivity contribution is -0.134. The number of carboxylic acids is 2. The first-order valence-electron chi connectivity index (χ1n) is 7.14. The summed E-state index contributed by atoms with van der Waals surface area (Å²) < 4.78 is 0. The Morgan fingerprint density at radius 2 is 0.962 bits per heavy atom. The van der Waals surface area contributed by atoms with Gasteiger partial charge in [-0.15, -0.1) is 0 Å². The normalized spacial score (nSPS) is 8.77. The van der Waals surface area contributed by atoms with Crippen molar-refractivity contribution in [2.75, 3.05) is 10.6 Å². The molecule has 136 valence electrons. The first-order chi connectivity index (χ1) is 12.5. The summed E-state index contributed by atoms with van der Waals surface area (Å²) in [4.78, 5) is 38.8. The van der Waals surface area contributed by atoms with Gasteiger partial charge in [-0.2, -0.15) is 0 Å². The van der Waals surface area contributed by atoms with Gasteiger partial charge >= 0.3 is 11.9 Å². The molecular weight excluding hydrogens is 340 g/mol. The molecule has 0 aliphatic heterocycles. The van der Waals surface area contributed by atoms with E-state index < -0.39 is 11.9 Å². The monoisotopic (exact) mass is 358 g/mol. The molecule has 0 atom stereocenters. The van der Waals surface area contributed by atoms with E-state index in [-0.39, 0.29) is 0 Å². The lowest BCUT2D eigenvalue weighted by Crippen LogP contribution is -1.91. The zero-order valence-electron chi connectivity index (χ0n) is 13.6. The molecule has 0 unspecified atom stereocenters. The van der Waals surface area contributed by atoms with Crippen LogP contribution in [0.2, 0.25) is 0 Å². The summed E-state index contributed by atoms with van der Waals surface area (Å²) in [6.45, 7) is 0. The Balaban J connectivity index is 0.000000362. The van der Waals surface area contributed by atoms with Crippen molar-refractivity contribution in [3.05, 3.63) is 72.8 Å². The fourth-order valence-corrected chi connectivity index (χ4v) is 1.35. The van der Waals surface area contributed by atoms with E-state index in [0.29, 0.717) is 25.0 Å². The second-order valence-corrected chi connectivity index (χ2v) is 4.27. The van der Waals surface area contributed by atoms with Crippen molar-refractivity contribution in [3.63, 3.8) is 0 Å². The van der Waals surface area contributed by atoms with Gasteiger partial charge in [0.1, 0.15) is 0 Å². The molecule has 8 heteroatoms. The lowest BCUT2D eigenvalue weighted by atomic mass is 10.3. The molecule has 0 radical (unpaired) electrons. The van der Waals surface area contributed by atoms with Gasteiger partial charge in [-0.25, -0.2) is 9.59 Å². The topological polar surface area (TPSA) is 133 Å². The molecule has 2 aromatic carbocycles. The molecule has 0 aliphatic carbocycles. The van der Waals surface area contributed by atoms with E-state index in [1.165, 1.54) is 0 Å². The fourth-order valence-electron chi connectivity index (χ4n) is 1.35. The largest absolute Gasteiger partial charge is 0.478 e. The third kappa shape index (κ3) is 13.7. The van der Waals surface area contributed by atoms with Crippen molar-refractivity contribution in [2.24, 2.45) is 0 Å². The highest BCUT2D eigenvalue weighted by Gasteiger charge is 1.88. The lowest BCUT2D eigenvalue weighted by Gasteiger charge is -1.93. The molecule has 0 aliphatic rings. The fraction of sp³-hybridized carbons (Fsp3) is 0. The van der Waals surface area contributed by atoms with E-state index in [4.69, 9.17) is 10.2 Å². The molecule has 2 amide bonds. The van der Waals surface area contributed by atoms with E-state index in [9.17, 15) is 19.2 Å². The van der Waals surface area contributed by atoms with Crippen LogP contribution in [0.4, 0.5) is 11.4 Å². The number of carbonyl (C=O) groups excluding carboxylic acids is 2. The first-order valence-corrected chi connectivity index (χ1v) is 7.14. The van der Waals surface area contributed by atoms with Crippen LogP contribution < -0.4 is 10.6 Å². The summed E-state index contributed by atoms with van der Waals surface area (Å²) in [6, 6.07) is 18.6. The van der Waals surface area contributed by atoms with Crippen LogP contribution in [0.15, 0.2) is 72.8 Å². The molecule has 0 fully saturated rings. The number of anilines is 2. The van der Waals surface area contributed by atoms with Crippen LogP contribution in [0, 0.1) is 0 Å². The molecule has 2 aromatic rings. The Bertz CT molecular complexity index is 641. The predicted molar refractivity (Wildman–Crippen MR) is 96.7 cm³/mol. The molecule has 2 rings (SSSR count). The van der Waals surface area contributed by atoms with Crippen LogP contribution in [0.5, 0.6) is 0 Å². The van der Waals surface area contributed by atoms with Gasteiger partial charge in [0.25, 0.3) is 0 Å². The summed E-state index contributed by atoms with van der Waals surface area (Å²) in [7, 11) is 0. The van der Waals surface area contributed by atoms with Crippen LogP contribution in [-0.2, 0) is 19.2 Å². The molecule has 0 spiro atoms. The Kier molecular flexibility index (Phi) is 12.4. The number of carboxylic acid groups (broad SMARTS) is 2. The average Bonchev–Trinajstić information content (AvgIpc) is 2.63. The maximum atomic E-state index is 9.86. The van der Waals surface area contributed by atoms with E-state index >= 15 is 0 Å². The minimum absolute atomic E-state index is 0.558. The predicted octanol–water partition coefficient (Wildman–Crippen LogP) is 2.22. The minimum atomic E-state index is -1.26. The average molecular weight is 358 g/mol. The SMILES string of the molecule is O=C(O)/C=C/C(=O)O.O=CNc1ccccc1.O=CNc1ccccc1. The Hall–Kier alpha value is -3.94. The third-order valence-corrected chi connectivity index (χ3v) is 2.37. The molecule has 4 N–H and O–H groups in total. The molecule has 0 saturated carbocycles. The molecule has 0 heterocycles. The number of aliphatic carboxylic acids is 2. The summed E-state index contributed by atoms with van der Waals surface area (Å²) in [5.41, 5.74) is 1.65. The summed E-state index contributed by atoms with van der Waals surface area (Å²) in [6.07, 6.45) is 2.44. The maximum absolute atomic E-state index is 9.86. The molecule has 26 heavy (non-hydrogen) atoms. The number of hydrogen-bond donors (Lipinski definition) is 4. The Morgan fingerprint density at radius 1 is 0.654 bits per heavy atom. The smallest absolute Gasteiger partial charge is 0.328 e. The molecule has 8 nitrogen and oxygen atoms in total. The number of nitrogens with one attached hydrogen (secondary N) is 2. The molecule has 0 bridgehead atoms. The Labute approximate surface area is 149 Å². The van der Waals surface area contributed by atoms with Gasteiger partial charge in [-0.05, 0) is 24.3 Å². The van der Waals surface area contributed by atoms with E-state index in [1.807, 2.05) is 60.7 Å². The van der Waals surface area contributed by atoms with Crippen molar-refractivity contribution in [2.45, 2.75) is 0 Å². The molecular formula is C18H18N2O6. The van der Waals surface area contributed by atoms with Crippen molar-refractivity contribution in [1.82, 2.24) is 0 Å². The van der Waals surface area contributed by atoms with Gasteiger partial charge in [0, 0.05) is 23.5 Å². The van der Waals surface area contributed by atoms with Gasteiger partial charge < -0.3 is 20.8 Å². The van der Waals surface area contributed by atoms with Gasteiger partial charge in [-0.1, -0.05) is 36.4 Å². The molecule has 0 saturated heterocycles. The van der Waals surface area contributed by atoms with Crippen molar-refractivity contribution >= 4 is 36.1 Å². The van der Waals surface area contributed by atoms with Crippen LogP contribution >= 0.6 is 0 Å². The summed E-state index contributed by atoms with van der Waals surface area (Å²) in [5, 5.41) is 20.7. The second kappa shape index (κ2) is 14.6. The number of carbonyl (C=O) groups is 4. The van der Waals surface area contributed by atoms with Crippen LogP contribution in [-0.4, -0.2) is 35.0 Å². The number of rotatable bonds is 6. The zero-order chi connectivity index (χ0) is 19.6. The summed E-state index contributed by atoms with van der Waals surface area (Å²) >= 11 is 0. The Morgan fingerprint density at radius 3 is 1.19 bits per heavy atom. The number of para-hydroxylation sites is 2. The van der Waals surface area contributed by atoms with Crippen LogP contribution in [0.25, 0.3) is 0 Å². The van der Waals surface area contributed by atoms with E-state index in [1.54, 1.807) is 0 Å². The van der Waals surface area contributed by atoms with Crippen molar-refractivity contribution < 1.29 is 29.4 Å². The zero-order valence-corrected chi connectivity index (χ0v) is 13.6. The highest BCUT2D eigenvalue weighted by Crippen LogP contribution is 2.02. The van der Waals surface area contributed by atoms with Crippen molar-refractivity contribution in [3.8, 4) is 0 Å².